The van der Waals surface area contributed by atoms with E-state index in [4.69, 9.17) is 16.7 Å². The molecule has 2 rings (SSSR count). The van der Waals surface area contributed by atoms with Gasteiger partial charge in [-0.1, -0.05) is 11.6 Å². The molecule has 0 fully saturated rings. The van der Waals surface area contributed by atoms with Crippen LogP contribution in [0.5, 0.6) is 0 Å². The molecule has 2 N–H and O–H groups in total. The van der Waals surface area contributed by atoms with Gasteiger partial charge in [-0.15, -0.1) is 0 Å². The van der Waals surface area contributed by atoms with Crippen LogP contribution >= 0.6 is 27.5 Å². The second-order valence-electron chi connectivity index (χ2n) is 3.06. The van der Waals surface area contributed by atoms with Crippen LogP contribution in [-0.2, 0) is 11.2 Å². The molecule has 0 spiro atoms. The molecule has 1 aromatic carbocycles. The van der Waals surface area contributed by atoms with Crippen molar-refractivity contribution in [1.29, 1.82) is 0 Å². The van der Waals surface area contributed by atoms with Crippen molar-refractivity contribution in [2.24, 2.45) is 0 Å². The maximum atomic E-state index is 10.6. The predicted octanol–water partition coefficient (Wildman–Crippen LogP) is 2.61. The highest BCUT2D eigenvalue weighted by Crippen LogP contribution is 2.24. The SMILES string of the molecule is O=C(O)Cc1cc2[nH]c(Br)nc2cc1Cl. The number of imidazole rings is 1. The molecular formula is C9H6BrClN2O2. The molecule has 6 heteroatoms. The number of nitrogens with one attached hydrogen (secondary N) is 1. The summed E-state index contributed by atoms with van der Waals surface area (Å²) in [7, 11) is 0. The van der Waals surface area contributed by atoms with E-state index in [0.29, 0.717) is 20.8 Å². The van der Waals surface area contributed by atoms with E-state index >= 15 is 0 Å². The standard InChI is InChI=1S/C9H6BrClN2O2/c10-9-12-6-1-4(2-8(14)15)5(11)3-7(6)13-9/h1,3H,2H2,(H,12,13)(H,14,15). The van der Waals surface area contributed by atoms with Gasteiger partial charge in [-0.05, 0) is 33.6 Å². The maximum Gasteiger partial charge on any atom is 0.307 e. The zero-order valence-corrected chi connectivity index (χ0v) is 9.76. The predicted molar refractivity (Wildman–Crippen MR) is 60.1 cm³/mol. The number of carbonyl (C=O) groups is 1. The van der Waals surface area contributed by atoms with Crippen molar-refractivity contribution in [3.8, 4) is 0 Å². The topological polar surface area (TPSA) is 66.0 Å². The Morgan fingerprint density at radius 3 is 3.00 bits per heavy atom. The fourth-order valence-electron chi connectivity index (χ4n) is 1.34. The molecule has 0 radical (unpaired) electrons. The quantitative estimate of drug-likeness (QED) is 0.893. The number of H-pyrrole nitrogens is 1. The molecule has 0 unspecified atom stereocenters. The van der Waals surface area contributed by atoms with Gasteiger partial charge in [0.25, 0.3) is 0 Å². The van der Waals surface area contributed by atoms with Crippen molar-refractivity contribution in [2.45, 2.75) is 6.42 Å². The Bertz CT molecular complexity index is 538. The number of rotatable bonds is 2. The second-order valence-corrected chi connectivity index (χ2v) is 4.22. The number of fused-ring (bicyclic) bond motifs is 1. The lowest BCUT2D eigenvalue weighted by molar-refractivity contribution is -0.136. The van der Waals surface area contributed by atoms with E-state index in [-0.39, 0.29) is 6.42 Å². The van der Waals surface area contributed by atoms with Crippen LogP contribution in [0, 0.1) is 0 Å². The second kappa shape index (κ2) is 3.83. The van der Waals surface area contributed by atoms with Crippen LogP contribution in [-0.4, -0.2) is 21.0 Å². The van der Waals surface area contributed by atoms with Gasteiger partial charge >= 0.3 is 5.97 Å². The van der Waals surface area contributed by atoms with Gasteiger partial charge in [-0.3, -0.25) is 4.79 Å². The Morgan fingerprint density at radius 2 is 2.33 bits per heavy atom. The van der Waals surface area contributed by atoms with Gasteiger partial charge in [-0.2, -0.15) is 0 Å². The largest absolute Gasteiger partial charge is 0.481 e. The summed E-state index contributed by atoms with van der Waals surface area (Å²) in [5.41, 5.74) is 2.05. The Kier molecular flexibility index (Phi) is 2.67. The molecule has 0 aliphatic rings. The fourth-order valence-corrected chi connectivity index (χ4v) is 1.97. The number of carboxylic acids is 1. The van der Waals surface area contributed by atoms with Gasteiger partial charge < -0.3 is 10.1 Å². The highest BCUT2D eigenvalue weighted by Gasteiger charge is 2.09. The third-order valence-electron chi connectivity index (χ3n) is 1.96. The third-order valence-corrected chi connectivity index (χ3v) is 2.69. The van der Waals surface area contributed by atoms with Gasteiger partial charge in [0.05, 0.1) is 17.5 Å². The van der Waals surface area contributed by atoms with Gasteiger partial charge in [0.15, 0.2) is 4.73 Å². The normalized spacial score (nSPS) is 10.8. The summed E-state index contributed by atoms with van der Waals surface area (Å²) in [6.45, 7) is 0. The van der Waals surface area contributed by atoms with Gasteiger partial charge in [0, 0.05) is 5.02 Å². The van der Waals surface area contributed by atoms with Crippen LogP contribution in [0.2, 0.25) is 5.02 Å². The van der Waals surface area contributed by atoms with E-state index in [2.05, 4.69) is 25.9 Å². The van der Waals surface area contributed by atoms with Crippen molar-refractivity contribution in [1.82, 2.24) is 9.97 Å². The first kappa shape index (κ1) is 10.4. The number of hydrogen-bond acceptors (Lipinski definition) is 2. The molecule has 15 heavy (non-hydrogen) atoms. The first-order valence-corrected chi connectivity index (χ1v) is 5.29. The molecule has 0 aliphatic heterocycles. The van der Waals surface area contributed by atoms with E-state index in [9.17, 15) is 4.79 Å². The van der Waals surface area contributed by atoms with E-state index < -0.39 is 5.97 Å². The summed E-state index contributed by atoms with van der Waals surface area (Å²) in [5.74, 6) is -0.908. The zero-order valence-electron chi connectivity index (χ0n) is 7.42. The van der Waals surface area contributed by atoms with Crippen LogP contribution in [0.25, 0.3) is 11.0 Å². The highest BCUT2D eigenvalue weighted by atomic mass is 79.9. The lowest BCUT2D eigenvalue weighted by Gasteiger charge is -2.00. The Morgan fingerprint density at radius 1 is 1.60 bits per heavy atom. The first-order chi connectivity index (χ1) is 7.06. The summed E-state index contributed by atoms with van der Waals surface area (Å²) in [6.07, 6.45) is -0.0919. The molecule has 0 atom stereocenters. The molecule has 0 aliphatic carbocycles. The molecule has 0 saturated carbocycles. The lowest BCUT2D eigenvalue weighted by atomic mass is 10.1. The minimum absolute atomic E-state index is 0.0919. The van der Waals surface area contributed by atoms with Crippen molar-refractivity contribution in [3.63, 3.8) is 0 Å². The molecule has 1 aromatic heterocycles. The van der Waals surface area contributed by atoms with Gasteiger partial charge in [0.1, 0.15) is 0 Å². The smallest absolute Gasteiger partial charge is 0.307 e. The molecule has 0 amide bonds. The van der Waals surface area contributed by atoms with Gasteiger partial charge in [0.2, 0.25) is 0 Å². The number of aromatic nitrogens is 2. The number of nitrogens with zero attached hydrogens (tertiary/aromatic N) is 1. The zero-order chi connectivity index (χ0) is 11.0. The highest BCUT2D eigenvalue weighted by molar-refractivity contribution is 9.10. The number of hydrogen-bond donors (Lipinski definition) is 2. The minimum atomic E-state index is -0.908. The number of halogens is 2. The monoisotopic (exact) mass is 288 g/mol. The lowest BCUT2D eigenvalue weighted by Crippen LogP contribution is -2.00. The van der Waals surface area contributed by atoms with Crippen molar-refractivity contribution >= 4 is 44.5 Å². The van der Waals surface area contributed by atoms with E-state index in [1.165, 1.54) is 0 Å². The van der Waals surface area contributed by atoms with Crippen molar-refractivity contribution in [2.75, 3.05) is 0 Å². The molecule has 1 heterocycles. The summed E-state index contributed by atoms with van der Waals surface area (Å²) >= 11 is 9.12. The molecular weight excluding hydrogens is 283 g/mol. The van der Waals surface area contributed by atoms with E-state index in [1.54, 1.807) is 12.1 Å². The fraction of sp³-hybridized carbons (Fsp3) is 0.111. The number of benzene rings is 1. The van der Waals surface area contributed by atoms with Gasteiger partial charge in [-0.25, -0.2) is 4.98 Å². The van der Waals surface area contributed by atoms with Crippen molar-refractivity contribution < 1.29 is 9.90 Å². The Hall–Kier alpha value is -1.07. The average molecular weight is 290 g/mol. The summed E-state index contributed by atoms with van der Waals surface area (Å²) in [6, 6.07) is 3.35. The molecule has 4 nitrogen and oxygen atoms in total. The number of aliphatic carboxylic acids is 1. The molecule has 0 saturated heterocycles. The minimum Gasteiger partial charge on any atom is -0.481 e. The number of carboxylic acid groups (broad SMARTS) is 1. The van der Waals surface area contributed by atoms with E-state index in [0.717, 1.165) is 5.52 Å². The van der Waals surface area contributed by atoms with Crippen LogP contribution in [0.4, 0.5) is 0 Å². The Labute approximate surface area is 98.4 Å². The number of aromatic amines is 1. The molecule has 2 aromatic rings. The summed E-state index contributed by atoms with van der Waals surface area (Å²) in [4.78, 5) is 17.6. The van der Waals surface area contributed by atoms with E-state index in [1.807, 2.05) is 0 Å². The van der Waals surface area contributed by atoms with Crippen LogP contribution < -0.4 is 0 Å². The van der Waals surface area contributed by atoms with Crippen LogP contribution in [0.1, 0.15) is 5.56 Å². The van der Waals surface area contributed by atoms with Crippen LogP contribution in [0.15, 0.2) is 16.9 Å². The summed E-state index contributed by atoms with van der Waals surface area (Å²) in [5, 5.41) is 9.10. The first-order valence-electron chi connectivity index (χ1n) is 4.11. The average Bonchev–Trinajstić information content (AvgIpc) is 2.44. The summed E-state index contributed by atoms with van der Waals surface area (Å²) < 4.78 is 0.598. The Balaban J connectivity index is 2.55. The third kappa shape index (κ3) is 2.13. The molecule has 0 bridgehead atoms. The van der Waals surface area contributed by atoms with Crippen molar-refractivity contribution in [3.05, 3.63) is 27.5 Å². The molecule has 78 valence electrons. The van der Waals surface area contributed by atoms with Crippen LogP contribution in [0.3, 0.4) is 0 Å². The maximum absolute atomic E-state index is 10.6.